The van der Waals surface area contributed by atoms with Crippen LogP contribution in [0.25, 0.3) is 0 Å². The molecule has 1 unspecified atom stereocenters. The van der Waals surface area contributed by atoms with Crippen molar-refractivity contribution >= 4 is 12.6 Å². The molecule has 0 N–H and O–H groups in total. The molecule has 1 aliphatic rings. The summed E-state index contributed by atoms with van der Waals surface area (Å²) < 4.78 is 0. The van der Waals surface area contributed by atoms with Crippen molar-refractivity contribution in [3.63, 3.8) is 0 Å². The van der Waals surface area contributed by atoms with E-state index in [4.69, 9.17) is 0 Å². The number of nitrogens with zero attached hydrogens (tertiary/aromatic N) is 1. The molecule has 0 amide bonds. The van der Waals surface area contributed by atoms with E-state index in [-0.39, 0.29) is 0 Å². The maximum absolute atomic E-state index is 4.27. The number of hydrogen-bond acceptors (Lipinski definition) is 2. The lowest BCUT2D eigenvalue weighted by atomic mass is 9.96. The van der Waals surface area contributed by atoms with Crippen LogP contribution in [0.15, 0.2) is 0 Å². The fourth-order valence-corrected chi connectivity index (χ4v) is 2.58. The molecule has 0 bridgehead atoms. The molecule has 1 rings (SSSR count). The van der Waals surface area contributed by atoms with Gasteiger partial charge in [0.2, 0.25) is 0 Å². The Morgan fingerprint density at radius 1 is 1.29 bits per heavy atom. The van der Waals surface area contributed by atoms with Gasteiger partial charge in [-0.25, -0.2) is 0 Å². The molecule has 0 spiro atoms. The van der Waals surface area contributed by atoms with Crippen LogP contribution in [0.2, 0.25) is 0 Å². The molecule has 1 heterocycles. The predicted octanol–water partition coefficient (Wildman–Crippen LogP) is 3.21. The Morgan fingerprint density at radius 3 is 2.86 bits per heavy atom. The highest BCUT2D eigenvalue weighted by molar-refractivity contribution is 7.80. The van der Waals surface area contributed by atoms with Crippen LogP contribution in [0.4, 0.5) is 0 Å². The fraction of sp³-hybridized carbons (Fsp3) is 1.00. The first kappa shape index (κ1) is 12.4. The molecule has 2 heteroatoms. The van der Waals surface area contributed by atoms with Gasteiger partial charge in [-0.15, -0.1) is 0 Å². The third kappa shape index (κ3) is 4.70. The smallest absolute Gasteiger partial charge is 0.00110 e. The molecule has 0 aromatic carbocycles. The molecule has 0 aliphatic carbocycles. The van der Waals surface area contributed by atoms with Crippen molar-refractivity contribution < 1.29 is 0 Å². The molecule has 1 saturated heterocycles. The predicted molar refractivity (Wildman–Crippen MR) is 67.2 cm³/mol. The zero-order valence-corrected chi connectivity index (χ0v) is 10.4. The highest BCUT2D eigenvalue weighted by Gasteiger charge is 2.15. The zero-order chi connectivity index (χ0) is 10.2. The van der Waals surface area contributed by atoms with E-state index in [0.29, 0.717) is 0 Å². The van der Waals surface area contributed by atoms with Crippen molar-refractivity contribution in [2.75, 3.05) is 25.4 Å². The molecule has 0 aromatic heterocycles. The minimum absolute atomic E-state index is 1.01. The van der Waals surface area contributed by atoms with Crippen molar-refractivity contribution in [3.05, 3.63) is 0 Å². The van der Waals surface area contributed by atoms with Crippen molar-refractivity contribution in [3.8, 4) is 0 Å². The van der Waals surface area contributed by atoms with Crippen LogP contribution in [0, 0.1) is 5.92 Å². The molecule has 14 heavy (non-hydrogen) atoms. The summed E-state index contributed by atoms with van der Waals surface area (Å²) in [6, 6.07) is 0. The third-order valence-electron chi connectivity index (χ3n) is 3.27. The molecule has 1 atom stereocenters. The van der Waals surface area contributed by atoms with E-state index >= 15 is 0 Å². The average molecular weight is 215 g/mol. The number of thiol groups is 1. The molecule has 0 saturated carbocycles. The third-order valence-corrected chi connectivity index (χ3v) is 3.59. The fourth-order valence-electron chi connectivity index (χ4n) is 2.44. The summed E-state index contributed by atoms with van der Waals surface area (Å²) in [4.78, 5) is 2.63. The minimum Gasteiger partial charge on any atom is -0.303 e. The van der Waals surface area contributed by atoms with Gasteiger partial charge in [0, 0.05) is 0 Å². The van der Waals surface area contributed by atoms with E-state index in [0.717, 1.165) is 11.7 Å². The summed E-state index contributed by atoms with van der Waals surface area (Å²) in [5, 5.41) is 0. The van der Waals surface area contributed by atoms with E-state index in [1.807, 2.05) is 0 Å². The Kier molecular flexibility index (Phi) is 6.70. The van der Waals surface area contributed by atoms with Crippen LogP contribution in [0.1, 0.15) is 45.4 Å². The van der Waals surface area contributed by atoms with Crippen molar-refractivity contribution in [2.45, 2.75) is 45.4 Å². The van der Waals surface area contributed by atoms with Crippen LogP contribution >= 0.6 is 12.6 Å². The summed E-state index contributed by atoms with van der Waals surface area (Å²) >= 11 is 4.27. The van der Waals surface area contributed by atoms with Crippen LogP contribution in [-0.4, -0.2) is 30.3 Å². The molecular weight excluding hydrogens is 190 g/mol. The van der Waals surface area contributed by atoms with Crippen LogP contribution < -0.4 is 0 Å². The van der Waals surface area contributed by atoms with E-state index in [9.17, 15) is 0 Å². The summed E-state index contributed by atoms with van der Waals surface area (Å²) in [5.41, 5.74) is 0. The first-order chi connectivity index (χ1) is 6.86. The molecule has 1 nitrogen and oxygen atoms in total. The second-order valence-corrected chi connectivity index (χ2v) is 4.95. The van der Waals surface area contributed by atoms with Gasteiger partial charge < -0.3 is 4.90 Å². The van der Waals surface area contributed by atoms with E-state index in [2.05, 4.69) is 24.5 Å². The molecule has 0 radical (unpaired) electrons. The maximum Gasteiger partial charge on any atom is -0.00110 e. The SMILES string of the molecule is CCCC1CCCN(CCCS)CC1. The summed E-state index contributed by atoms with van der Waals surface area (Å²) in [6.45, 7) is 6.23. The van der Waals surface area contributed by atoms with Crippen molar-refractivity contribution in [1.29, 1.82) is 0 Å². The molecule has 84 valence electrons. The second-order valence-electron chi connectivity index (χ2n) is 4.50. The van der Waals surface area contributed by atoms with Gasteiger partial charge in [-0.2, -0.15) is 12.6 Å². The maximum atomic E-state index is 4.27. The Morgan fingerprint density at radius 2 is 2.14 bits per heavy atom. The van der Waals surface area contributed by atoms with Crippen molar-refractivity contribution in [1.82, 2.24) is 4.90 Å². The average Bonchev–Trinajstić information content (AvgIpc) is 2.41. The number of rotatable bonds is 5. The van der Waals surface area contributed by atoms with Crippen LogP contribution in [0.5, 0.6) is 0 Å². The van der Waals surface area contributed by atoms with Gasteiger partial charge in [-0.3, -0.25) is 0 Å². The van der Waals surface area contributed by atoms with Crippen LogP contribution in [-0.2, 0) is 0 Å². The van der Waals surface area contributed by atoms with E-state index < -0.39 is 0 Å². The summed E-state index contributed by atoms with van der Waals surface area (Å²) in [5.74, 6) is 2.05. The Bertz CT molecular complexity index is 138. The van der Waals surface area contributed by atoms with E-state index in [1.54, 1.807) is 0 Å². The number of hydrogen-bond donors (Lipinski definition) is 1. The van der Waals surface area contributed by atoms with Gasteiger partial charge in [-0.05, 0) is 57.0 Å². The van der Waals surface area contributed by atoms with Gasteiger partial charge in [0.15, 0.2) is 0 Å². The van der Waals surface area contributed by atoms with Crippen LogP contribution in [0.3, 0.4) is 0 Å². The first-order valence-electron chi connectivity index (χ1n) is 6.20. The van der Waals surface area contributed by atoms with Gasteiger partial charge in [0.1, 0.15) is 0 Å². The van der Waals surface area contributed by atoms with Gasteiger partial charge in [0.05, 0.1) is 0 Å². The lowest BCUT2D eigenvalue weighted by Gasteiger charge is -2.19. The van der Waals surface area contributed by atoms with Gasteiger partial charge in [-0.1, -0.05) is 19.8 Å². The Balaban J connectivity index is 2.19. The first-order valence-corrected chi connectivity index (χ1v) is 6.83. The minimum atomic E-state index is 1.01. The molecule has 1 aliphatic heterocycles. The molecule has 0 aromatic rings. The normalized spacial score (nSPS) is 24.9. The standard InChI is InChI=1S/C12H25NS/c1-2-5-12-6-3-8-13(10-7-12)9-4-11-14/h12,14H,2-11H2,1H3. The van der Waals surface area contributed by atoms with E-state index in [1.165, 1.54) is 58.2 Å². The quantitative estimate of drug-likeness (QED) is 0.689. The topological polar surface area (TPSA) is 3.24 Å². The highest BCUT2D eigenvalue weighted by atomic mass is 32.1. The lowest BCUT2D eigenvalue weighted by Crippen LogP contribution is -2.26. The summed E-state index contributed by atoms with van der Waals surface area (Å²) in [7, 11) is 0. The Hall–Kier alpha value is 0.310. The lowest BCUT2D eigenvalue weighted by molar-refractivity contribution is 0.281. The largest absolute Gasteiger partial charge is 0.303 e. The second kappa shape index (κ2) is 7.58. The van der Waals surface area contributed by atoms with Gasteiger partial charge in [0.25, 0.3) is 0 Å². The van der Waals surface area contributed by atoms with Crippen molar-refractivity contribution in [2.24, 2.45) is 5.92 Å². The monoisotopic (exact) mass is 215 g/mol. The number of likely N-dealkylation sites (tertiary alicyclic amines) is 1. The molecule has 1 fully saturated rings. The highest BCUT2D eigenvalue weighted by Crippen LogP contribution is 2.21. The van der Waals surface area contributed by atoms with Gasteiger partial charge >= 0.3 is 0 Å². The Labute approximate surface area is 94.7 Å². The summed E-state index contributed by atoms with van der Waals surface area (Å²) in [6.07, 6.45) is 8.37. The zero-order valence-electron chi connectivity index (χ0n) is 9.54. The molecular formula is C12H25NS.